The Morgan fingerprint density at radius 3 is 3.00 bits per heavy atom. The number of hydrogen-bond acceptors (Lipinski definition) is 4. The number of amides is 1. The van der Waals surface area contributed by atoms with Crippen molar-refractivity contribution in [2.24, 2.45) is 5.10 Å². The fraction of sp³-hybridized carbons (Fsp3) is 0. The van der Waals surface area contributed by atoms with Gasteiger partial charge in [-0.2, -0.15) is 5.10 Å². The molecule has 2 rings (SSSR count). The maximum absolute atomic E-state index is 11.7. The van der Waals surface area contributed by atoms with Gasteiger partial charge in [-0.25, -0.2) is 5.43 Å². The van der Waals surface area contributed by atoms with E-state index >= 15 is 0 Å². The Morgan fingerprint density at radius 1 is 1.50 bits per heavy atom. The molecule has 1 aromatic carbocycles. The third-order valence-electron chi connectivity index (χ3n) is 2.35. The summed E-state index contributed by atoms with van der Waals surface area (Å²) in [6, 6.07) is 6.45. The van der Waals surface area contributed by atoms with Gasteiger partial charge in [-0.15, -0.1) is 0 Å². The van der Waals surface area contributed by atoms with E-state index in [9.17, 15) is 9.90 Å². The van der Waals surface area contributed by atoms with E-state index in [1.54, 1.807) is 30.5 Å². The van der Waals surface area contributed by atoms with Crippen LogP contribution in [0.2, 0.25) is 5.02 Å². The molecule has 1 heterocycles. The van der Waals surface area contributed by atoms with Crippen molar-refractivity contribution in [2.75, 3.05) is 0 Å². The molecular weight excluding hydrogens is 346 g/mol. The summed E-state index contributed by atoms with van der Waals surface area (Å²) in [5, 5.41) is 13.7. The number of aromatic nitrogens is 1. The van der Waals surface area contributed by atoms with Crippen molar-refractivity contribution < 1.29 is 9.90 Å². The van der Waals surface area contributed by atoms with E-state index in [1.807, 2.05) is 0 Å². The highest BCUT2D eigenvalue weighted by atomic mass is 79.9. The second-order valence-electron chi connectivity index (χ2n) is 3.77. The molecule has 1 aromatic heterocycles. The molecular formula is C13H9BrClN3O2. The van der Waals surface area contributed by atoms with Crippen LogP contribution in [0.1, 0.15) is 15.9 Å². The van der Waals surface area contributed by atoms with Crippen LogP contribution in [-0.4, -0.2) is 22.2 Å². The second-order valence-corrected chi connectivity index (χ2v) is 5.09. The molecule has 2 aromatic rings. The van der Waals surface area contributed by atoms with Gasteiger partial charge in [0.15, 0.2) is 0 Å². The number of hydrogen-bond donors (Lipinski definition) is 2. The van der Waals surface area contributed by atoms with Crippen molar-refractivity contribution in [1.29, 1.82) is 0 Å². The lowest BCUT2D eigenvalue weighted by Crippen LogP contribution is -2.17. The summed E-state index contributed by atoms with van der Waals surface area (Å²) in [7, 11) is 0. The monoisotopic (exact) mass is 353 g/mol. The van der Waals surface area contributed by atoms with Crippen LogP contribution in [0.25, 0.3) is 0 Å². The lowest BCUT2D eigenvalue weighted by molar-refractivity contribution is 0.0954. The van der Waals surface area contributed by atoms with Crippen LogP contribution in [0.4, 0.5) is 0 Å². The zero-order valence-corrected chi connectivity index (χ0v) is 12.4. The minimum absolute atomic E-state index is 0.103. The molecule has 7 heteroatoms. The average Bonchev–Trinajstić information content (AvgIpc) is 2.44. The minimum Gasteiger partial charge on any atom is -0.506 e. The number of phenolic OH excluding ortho intramolecular Hbond substituents is 1. The molecule has 0 saturated heterocycles. The maximum Gasteiger partial charge on any atom is 0.272 e. The van der Waals surface area contributed by atoms with Gasteiger partial charge in [0, 0.05) is 22.4 Å². The predicted molar refractivity (Wildman–Crippen MR) is 80.1 cm³/mol. The molecule has 0 aliphatic carbocycles. The van der Waals surface area contributed by atoms with Gasteiger partial charge in [-0.1, -0.05) is 27.5 Å². The highest BCUT2D eigenvalue weighted by Crippen LogP contribution is 2.30. The zero-order valence-electron chi connectivity index (χ0n) is 10.0. The van der Waals surface area contributed by atoms with Gasteiger partial charge < -0.3 is 5.11 Å². The molecule has 5 nitrogen and oxygen atoms in total. The van der Waals surface area contributed by atoms with Gasteiger partial charge in [-0.3, -0.25) is 9.78 Å². The summed E-state index contributed by atoms with van der Waals surface area (Å²) >= 11 is 9.07. The van der Waals surface area contributed by atoms with Crippen LogP contribution in [0.5, 0.6) is 5.75 Å². The number of hydrazone groups is 1. The summed E-state index contributed by atoms with van der Waals surface area (Å²) in [5.74, 6) is -0.496. The molecule has 102 valence electrons. The van der Waals surface area contributed by atoms with Crippen molar-refractivity contribution >= 4 is 39.7 Å². The summed E-state index contributed by atoms with van der Waals surface area (Å²) in [6.07, 6.45) is 4.31. The number of benzene rings is 1. The molecule has 20 heavy (non-hydrogen) atoms. The Hall–Kier alpha value is -1.92. The van der Waals surface area contributed by atoms with E-state index in [1.165, 1.54) is 12.4 Å². The summed E-state index contributed by atoms with van der Waals surface area (Å²) < 4.78 is 0.695. The molecule has 0 spiro atoms. The Labute approximate surface area is 128 Å². The highest BCUT2D eigenvalue weighted by molar-refractivity contribution is 9.10. The molecule has 0 unspecified atom stereocenters. The fourth-order valence-corrected chi connectivity index (χ4v) is 2.24. The average molecular weight is 355 g/mol. The first-order valence-electron chi connectivity index (χ1n) is 5.49. The number of pyridine rings is 1. The number of carbonyl (C=O) groups excluding carboxylic acids is 1. The van der Waals surface area contributed by atoms with E-state index in [0.29, 0.717) is 15.6 Å². The number of carbonyl (C=O) groups is 1. The highest BCUT2D eigenvalue weighted by Gasteiger charge is 2.06. The molecule has 0 radical (unpaired) electrons. The summed E-state index contributed by atoms with van der Waals surface area (Å²) in [4.78, 5) is 15.5. The third kappa shape index (κ3) is 3.55. The van der Waals surface area contributed by atoms with E-state index in [-0.39, 0.29) is 10.8 Å². The molecule has 0 fully saturated rings. The molecule has 0 aliphatic heterocycles. The van der Waals surface area contributed by atoms with Crippen molar-refractivity contribution in [1.82, 2.24) is 10.4 Å². The van der Waals surface area contributed by atoms with Gasteiger partial charge in [-0.05, 0) is 24.3 Å². The third-order valence-corrected chi connectivity index (χ3v) is 3.10. The van der Waals surface area contributed by atoms with Crippen molar-refractivity contribution in [3.63, 3.8) is 0 Å². The van der Waals surface area contributed by atoms with Gasteiger partial charge in [0.25, 0.3) is 5.91 Å². The molecule has 0 aliphatic rings. The lowest BCUT2D eigenvalue weighted by atomic mass is 10.2. The normalized spacial score (nSPS) is 10.7. The summed E-state index contributed by atoms with van der Waals surface area (Å²) in [6.45, 7) is 0. The molecule has 2 N–H and O–H groups in total. The molecule has 0 atom stereocenters. The number of phenols is 1. The quantitative estimate of drug-likeness (QED) is 0.657. The number of halogens is 2. The molecule has 0 saturated carbocycles. The van der Waals surface area contributed by atoms with Gasteiger partial charge in [0.1, 0.15) is 5.75 Å². The van der Waals surface area contributed by atoms with Crippen LogP contribution in [0.15, 0.2) is 46.2 Å². The summed E-state index contributed by atoms with van der Waals surface area (Å²) in [5.41, 5.74) is 3.11. The minimum atomic E-state index is -0.394. The number of nitrogens with zero attached hydrogens (tertiary/aromatic N) is 2. The van der Waals surface area contributed by atoms with Crippen molar-refractivity contribution in [2.45, 2.75) is 0 Å². The number of aromatic hydroxyl groups is 1. The zero-order chi connectivity index (χ0) is 14.5. The van der Waals surface area contributed by atoms with Crippen LogP contribution >= 0.6 is 27.5 Å². The van der Waals surface area contributed by atoms with E-state index in [4.69, 9.17) is 11.6 Å². The van der Waals surface area contributed by atoms with Crippen molar-refractivity contribution in [3.8, 4) is 5.75 Å². The van der Waals surface area contributed by atoms with E-state index < -0.39 is 5.91 Å². The Kier molecular flexibility index (Phi) is 4.70. The predicted octanol–water partition coefficient (Wildman–Crippen LogP) is 2.97. The van der Waals surface area contributed by atoms with Crippen LogP contribution in [-0.2, 0) is 0 Å². The van der Waals surface area contributed by atoms with Crippen LogP contribution < -0.4 is 5.43 Å². The Morgan fingerprint density at radius 2 is 2.30 bits per heavy atom. The second kappa shape index (κ2) is 6.49. The van der Waals surface area contributed by atoms with E-state index in [0.717, 1.165) is 0 Å². The van der Waals surface area contributed by atoms with Gasteiger partial charge in [0.05, 0.1) is 16.8 Å². The smallest absolute Gasteiger partial charge is 0.272 e. The van der Waals surface area contributed by atoms with E-state index in [2.05, 4.69) is 31.4 Å². The maximum atomic E-state index is 11.7. The first kappa shape index (κ1) is 14.5. The fourth-order valence-electron chi connectivity index (χ4n) is 1.41. The van der Waals surface area contributed by atoms with Crippen LogP contribution in [0, 0.1) is 0 Å². The largest absolute Gasteiger partial charge is 0.506 e. The Balaban J connectivity index is 2.10. The number of rotatable bonds is 3. The first-order valence-corrected chi connectivity index (χ1v) is 6.66. The molecule has 0 bridgehead atoms. The molecule has 1 amide bonds. The Bertz CT molecular complexity index is 662. The SMILES string of the molecule is O=C(N/N=C/c1cc(Br)cc(Cl)c1O)c1cccnc1. The number of nitrogens with one attached hydrogen (secondary N) is 1. The lowest BCUT2D eigenvalue weighted by Gasteiger charge is -2.03. The van der Waals surface area contributed by atoms with Crippen molar-refractivity contribution in [3.05, 3.63) is 57.3 Å². The topological polar surface area (TPSA) is 74.6 Å². The van der Waals surface area contributed by atoms with Crippen LogP contribution in [0.3, 0.4) is 0 Å². The standard InChI is InChI=1S/C13H9BrClN3O2/c14-10-4-9(12(19)11(15)5-10)7-17-18-13(20)8-2-1-3-16-6-8/h1-7,19H,(H,18,20)/b17-7+. The van der Waals surface area contributed by atoms with Gasteiger partial charge >= 0.3 is 0 Å². The van der Waals surface area contributed by atoms with Gasteiger partial charge in [0.2, 0.25) is 0 Å². The first-order chi connectivity index (χ1) is 9.58.